The predicted octanol–water partition coefficient (Wildman–Crippen LogP) is 4.38. The summed E-state index contributed by atoms with van der Waals surface area (Å²) in [6.45, 7) is -1.23. The number of rotatable bonds is 6. The molecule has 1 heterocycles. The highest BCUT2D eigenvalue weighted by Gasteiger charge is 2.29. The van der Waals surface area contributed by atoms with Gasteiger partial charge < -0.3 is 10.6 Å². The lowest BCUT2D eigenvalue weighted by Gasteiger charge is -2.18. The molecule has 1 amide bonds. The molecule has 1 atom stereocenters. The summed E-state index contributed by atoms with van der Waals surface area (Å²) < 4.78 is 51.3. The molecule has 9 heteroatoms. The first kappa shape index (κ1) is 19.4. The topological polar surface area (TPSA) is 59.0 Å². The minimum Gasteiger partial charge on any atom is -0.353 e. The molecule has 0 radical (unpaired) electrons. The number of nitrogens with zero attached hydrogens (tertiary/aromatic N) is 2. The number of carbonyl (C=O) groups excluding carboxylic acids is 1. The maximum absolute atomic E-state index is 13.0. The molecule has 0 aliphatic carbocycles. The van der Waals surface area contributed by atoms with Crippen molar-refractivity contribution in [1.82, 2.24) is 9.78 Å². The monoisotopic (exact) mass is 392 g/mol. The number of halogens is 4. The van der Waals surface area contributed by atoms with Crippen molar-refractivity contribution in [2.24, 2.45) is 0 Å². The first-order valence-corrected chi connectivity index (χ1v) is 8.28. The summed E-state index contributed by atoms with van der Waals surface area (Å²) in [7, 11) is 0. The Hall–Kier alpha value is -3.36. The third kappa shape index (κ3) is 5.32. The van der Waals surface area contributed by atoms with Crippen molar-refractivity contribution >= 4 is 17.4 Å². The van der Waals surface area contributed by atoms with E-state index in [1.54, 1.807) is 30.3 Å². The van der Waals surface area contributed by atoms with E-state index in [1.165, 1.54) is 36.5 Å². The first-order chi connectivity index (χ1) is 13.3. The van der Waals surface area contributed by atoms with Gasteiger partial charge >= 0.3 is 6.18 Å². The normalized spacial score (nSPS) is 12.4. The number of amides is 1. The summed E-state index contributed by atoms with van der Waals surface area (Å²) in [6.07, 6.45) is -3.22. The summed E-state index contributed by atoms with van der Waals surface area (Å²) >= 11 is 0. The highest BCUT2D eigenvalue weighted by atomic mass is 19.4. The summed E-state index contributed by atoms with van der Waals surface area (Å²) in [4.78, 5) is 12.8. The second kappa shape index (κ2) is 8.12. The fourth-order valence-corrected chi connectivity index (χ4v) is 2.55. The molecule has 28 heavy (non-hydrogen) atoms. The molecule has 0 aliphatic heterocycles. The number of hydrogen-bond donors (Lipinski definition) is 2. The number of nitrogens with one attached hydrogen (secondary N) is 2. The van der Waals surface area contributed by atoms with Crippen LogP contribution in [0.15, 0.2) is 66.9 Å². The zero-order valence-corrected chi connectivity index (χ0v) is 14.4. The molecule has 0 spiro atoms. The number of carbonyl (C=O) groups is 1. The standard InChI is InChI=1S/C19H16F4N4O/c20-14-6-8-15(9-7-14)24-18(28)17(13-4-2-1-3-5-13)25-16-10-11-27(26-16)12-19(21,22)23/h1-11,17H,12H2,(H,24,28)(H,25,26)/t17-/m0/s1. The highest BCUT2D eigenvalue weighted by molar-refractivity contribution is 5.97. The molecule has 146 valence electrons. The average molecular weight is 392 g/mol. The van der Waals surface area contributed by atoms with Crippen LogP contribution in [0.1, 0.15) is 11.6 Å². The number of alkyl halides is 3. The van der Waals surface area contributed by atoms with Crippen LogP contribution in [0.2, 0.25) is 0 Å². The number of hydrogen-bond acceptors (Lipinski definition) is 3. The lowest BCUT2D eigenvalue weighted by atomic mass is 10.1. The minimum absolute atomic E-state index is 0.118. The second-order valence-corrected chi connectivity index (χ2v) is 6.00. The Labute approximate surface area is 158 Å². The molecule has 2 aromatic carbocycles. The van der Waals surface area contributed by atoms with Crippen molar-refractivity contribution in [3.63, 3.8) is 0 Å². The van der Waals surface area contributed by atoms with Crippen LogP contribution in [0, 0.1) is 5.82 Å². The van der Waals surface area contributed by atoms with Crippen LogP contribution in [0.5, 0.6) is 0 Å². The van der Waals surface area contributed by atoms with E-state index >= 15 is 0 Å². The lowest BCUT2D eigenvalue weighted by Crippen LogP contribution is -2.27. The number of anilines is 2. The Morgan fingerprint density at radius 1 is 1.04 bits per heavy atom. The van der Waals surface area contributed by atoms with Crippen LogP contribution in [0.25, 0.3) is 0 Å². The van der Waals surface area contributed by atoms with Gasteiger partial charge in [-0.05, 0) is 29.8 Å². The van der Waals surface area contributed by atoms with Gasteiger partial charge in [0, 0.05) is 18.0 Å². The highest BCUT2D eigenvalue weighted by Crippen LogP contribution is 2.22. The molecular formula is C19H16F4N4O. The SMILES string of the molecule is O=C(Nc1ccc(F)cc1)[C@@H](Nc1ccn(CC(F)(F)F)n1)c1ccccc1. The Bertz CT molecular complexity index is 923. The molecule has 0 unspecified atom stereocenters. The Balaban J connectivity index is 1.79. The van der Waals surface area contributed by atoms with Crippen LogP contribution in [-0.2, 0) is 11.3 Å². The van der Waals surface area contributed by atoms with Crippen LogP contribution in [0.3, 0.4) is 0 Å². The fraction of sp³-hybridized carbons (Fsp3) is 0.158. The molecule has 1 aromatic heterocycles. The molecule has 0 fully saturated rings. The zero-order valence-electron chi connectivity index (χ0n) is 14.4. The van der Waals surface area contributed by atoms with Gasteiger partial charge in [0.15, 0.2) is 0 Å². The smallest absolute Gasteiger partial charge is 0.353 e. The van der Waals surface area contributed by atoms with Gasteiger partial charge in [-0.15, -0.1) is 0 Å². The van der Waals surface area contributed by atoms with Crippen LogP contribution < -0.4 is 10.6 Å². The van der Waals surface area contributed by atoms with Crippen molar-refractivity contribution < 1.29 is 22.4 Å². The second-order valence-electron chi connectivity index (χ2n) is 6.00. The van der Waals surface area contributed by atoms with Crippen LogP contribution in [-0.4, -0.2) is 21.9 Å². The maximum atomic E-state index is 13.0. The van der Waals surface area contributed by atoms with Gasteiger partial charge in [0.25, 0.3) is 5.91 Å². The minimum atomic E-state index is -4.40. The molecule has 5 nitrogen and oxygen atoms in total. The van der Waals surface area contributed by atoms with E-state index in [-0.39, 0.29) is 5.82 Å². The molecule has 0 saturated heterocycles. The molecule has 0 bridgehead atoms. The number of aromatic nitrogens is 2. The quantitative estimate of drug-likeness (QED) is 0.613. The Morgan fingerprint density at radius 2 is 1.71 bits per heavy atom. The first-order valence-electron chi connectivity index (χ1n) is 8.28. The molecule has 3 rings (SSSR count). The molecule has 0 aliphatic rings. The summed E-state index contributed by atoms with van der Waals surface area (Å²) in [5, 5.41) is 9.32. The van der Waals surface area contributed by atoms with Crippen molar-refractivity contribution in [2.75, 3.05) is 10.6 Å². The molecular weight excluding hydrogens is 376 g/mol. The zero-order chi connectivity index (χ0) is 20.1. The fourth-order valence-electron chi connectivity index (χ4n) is 2.55. The third-order valence-corrected chi connectivity index (χ3v) is 3.78. The summed E-state index contributed by atoms with van der Waals surface area (Å²) in [5.41, 5.74) is 0.976. The van der Waals surface area contributed by atoms with Gasteiger partial charge in [-0.3, -0.25) is 9.48 Å². The van der Waals surface area contributed by atoms with Gasteiger partial charge in [-0.1, -0.05) is 30.3 Å². The predicted molar refractivity (Wildman–Crippen MR) is 96.1 cm³/mol. The summed E-state index contributed by atoms with van der Waals surface area (Å²) in [6, 6.07) is 14.3. The van der Waals surface area contributed by atoms with Crippen LogP contribution in [0.4, 0.5) is 29.1 Å². The van der Waals surface area contributed by atoms with E-state index in [0.717, 1.165) is 4.68 Å². The van der Waals surface area contributed by atoms with Crippen LogP contribution >= 0.6 is 0 Å². The Kier molecular flexibility index (Phi) is 5.62. The number of benzene rings is 2. The average Bonchev–Trinajstić information content (AvgIpc) is 3.07. The Morgan fingerprint density at radius 3 is 2.36 bits per heavy atom. The molecule has 0 saturated carbocycles. The van der Waals surface area contributed by atoms with Crippen molar-refractivity contribution in [2.45, 2.75) is 18.8 Å². The lowest BCUT2D eigenvalue weighted by molar-refractivity contribution is -0.142. The van der Waals surface area contributed by atoms with Gasteiger partial charge in [-0.2, -0.15) is 18.3 Å². The van der Waals surface area contributed by atoms with Gasteiger partial charge in [0.05, 0.1) is 0 Å². The van der Waals surface area contributed by atoms with E-state index in [1.807, 2.05) is 0 Å². The van der Waals surface area contributed by atoms with Gasteiger partial charge in [0.2, 0.25) is 0 Å². The van der Waals surface area contributed by atoms with E-state index in [4.69, 9.17) is 0 Å². The van der Waals surface area contributed by atoms with Gasteiger partial charge in [0.1, 0.15) is 24.2 Å². The summed E-state index contributed by atoms with van der Waals surface area (Å²) in [5.74, 6) is -0.790. The largest absolute Gasteiger partial charge is 0.408 e. The molecule has 3 aromatic rings. The van der Waals surface area contributed by atoms with Crippen molar-refractivity contribution in [3.05, 3.63) is 78.2 Å². The van der Waals surface area contributed by atoms with E-state index < -0.39 is 30.5 Å². The van der Waals surface area contributed by atoms with E-state index in [0.29, 0.717) is 11.3 Å². The van der Waals surface area contributed by atoms with Crippen molar-refractivity contribution in [1.29, 1.82) is 0 Å². The van der Waals surface area contributed by atoms with E-state index in [2.05, 4.69) is 15.7 Å². The third-order valence-electron chi connectivity index (χ3n) is 3.78. The van der Waals surface area contributed by atoms with Crippen molar-refractivity contribution in [3.8, 4) is 0 Å². The van der Waals surface area contributed by atoms with E-state index in [9.17, 15) is 22.4 Å². The van der Waals surface area contributed by atoms with Gasteiger partial charge in [-0.25, -0.2) is 4.39 Å². The maximum Gasteiger partial charge on any atom is 0.408 e. The molecule has 2 N–H and O–H groups in total.